The number of thioether (sulfide) groups is 1. The summed E-state index contributed by atoms with van der Waals surface area (Å²) in [5.41, 5.74) is 0.629. The second-order valence-electron chi connectivity index (χ2n) is 4.71. The van der Waals surface area contributed by atoms with Crippen LogP contribution in [-0.4, -0.2) is 53.8 Å². The Morgan fingerprint density at radius 3 is 2.72 bits per heavy atom. The number of H-pyrrole nitrogens is 1. The third-order valence-corrected chi connectivity index (χ3v) is 3.79. The monoisotopic (exact) mass is 376 g/mol. The van der Waals surface area contributed by atoms with Crippen LogP contribution in [0.15, 0.2) is 23.4 Å². The Labute approximate surface area is 145 Å². The molecular formula is C14H15F3N4O3S. The summed E-state index contributed by atoms with van der Waals surface area (Å²) in [7, 11) is 3.02. The summed E-state index contributed by atoms with van der Waals surface area (Å²) in [6.07, 6.45) is -4.44. The van der Waals surface area contributed by atoms with E-state index >= 15 is 0 Å². The van der Waals surface area contributed by atoms with Crippen molar-refractivity contribution >= 4 is 17.7 Å². The molecule has 1 aromatic heterocycles. The lowest BCUT2D eigenvalue weighted by Crippen LogP contribution is -2.34. The Balaban J connectivity index is 2.00. The van der Waals surface area contributed by atoms with E-state index in [1.165, 1.54) is 14.2 Å². The molecule has 0 aliphatic carbocycles. The average Bonchev–Trinajstić information content (AvgIpc) is 3.05. The maximum absolute atomic E-state index is 12.0. The van der Waals surface area contributed by atoms with E-state index in [0.29, 0.717) is 22.9 Å². The first-order valence-electron chi connectivity index (χ1n) is 6.93. The highest BCUT2D eigenvalue weighted by atomic mass is 32.2. The third-order valence-electron chi connectivity index (χ3n) is 2.95. The fraction of sp³-hybridized carbons (Fsp3) is 0.357. The molecule has 11 heteroatoms. The van der Waals surface area contributed by atoms with E-state index in [9.17, 15) is 18.0 Å². The van der Waals surface area contributed by atoms with Gasteiger partial charge in [0.15, 0.2) is 5.82 Å². The summed E-state index contributed by atoms with van der Waals surface area (Å²) < 4.78 is 46.4. The zero-order chi connectivity index (χ0) is 18.4. The van der Waals surface area contributed by atoms with E-state index in [4.69, 9.17) is 9.47 Å². The predicted molar refractivity (Wildman–Crippen MR) is 84.7 cm³/mol. The highest BCUT2D eigenvalue weighted by Crippen LogP contribution is 2.31. The van der Waals surface area contributed by atoms with Gasteiger partial charge in [-0.25, -0.2) is 4.98 Å². The number of nitrogens with zero attached hydrogens (tertiary/aromatic N) is 2. The summed E-state index contributed by atoms with van der Waals surface area (Å²) >= 11 is 0.917. The molecule has 2 N–H and O–H groups in total. The molecule has 1 aromatic carbocycles. The summed E-state index contributed by atoms with van der Waals surface area (Å²) in [6, 6.07) is 5.12. The lowest BCUT2D eigenvalue weighted by Gasteiger charge is -2.08. The van der Waals surface area contributed by atoms with Gasteiger partial charge in [-0.15, -0.1) is 5.10 Å². The standard InChI is InChI=1S/C14H15F3N4O3S/c1-23-8-3-4-9(10(5-8)24-2)12-19-13(21-20-12)25-6-11(22)18-7-14(15,16)17/h3-5H,6-7H2,1-2H3,(H,18,22)(H,19,20,21). The molecule has 136 valence electrons. The Hall–Kier alpha value is -2.43. The van der Waals surface area contributed by atoms with Crippen molar-refractivity contribution in [3.8, 4) is 22.9 Å². The van der Waals surface area contributed by atoms with Crippen LogP contribution in [-0.2, 0) is 4.79 Å². The van der Waals surface area contributed by atoms with E-state index in [1.807, 2.05) is 0 Å². The molecule has 2 rings (SSSR count). The van der Waals surface area contributed by atoms with Gasteiger partial charge in [0, 0.05) is 6.07 Å². The minimum absolute atomic E-state index is 0.229. The van der Waals surface area contributed by atoms with Crippen LogP contribution in [0.5, 0.6) is 11.5 Å². The molecule has 0 radical (unpaired) electrons. The molecule has 0 saturated carbocycles. The molecule has 0 atom stereocenters. The molecule has 0 aliphatic heterocycles. The minimum atomic E-state index is -4.44. The normalized spacial score (nSPS) is 11.2. The first kappa shape index (κ1) is 18.9. The van der Waals surface area contributed by atoms with Crippen molar-refractivity contribution in [3.05, 3.63) is 18.2 Å². The van der Waals surface area contributed by atoms with E-state index in [-0.39, 0.29) is 10.9 Å². The van der Waals surface area contributed by atoms with E-state index in [0.717, 1.165) is 11.8 Å². The van der Waals surface area contributed by atoms with Crippen molar-refractivity contribution < 1.29 is 27.4 Å². The van der Waals surface area contributed by atoms with Crippen LogP contribution < -0.4 is 14.8 Å². The van der Waals surface area contributed by atoms with E-state index in [2.05, 4.69) is 15.2 Å². The van der Waals surface area contributed by atoms with Gasteiger partial charge in [-0.1, -0.05) is 11.8 Å². The number of amides is 1. The van der Waals surface area contributed by atoms with Crippen molar-refractivity contribution in [2.75, 3.05) is 26.5 Å². The van der Waals surface area contributed by atoms with Crippen LogP contribution >= 0.6 is 11.8 Å². The van der Waals surface area contributed by atoms with E-state index < -0.39 is 18.6 Å². The summed E-state index contributed by atoms with van der Waals surface area (Å²) in [4.78, 5) is 15.6. The van der Waals surface area contributed by atoms with Crippen molar-refractivity contribution in [3.63, 3.8) is 0 Å². The molecule has 0 bridgehead atoms. The number of carbonyl (C=O) groups excluding carboxylic acids is 1. The fourth-order valence-electron chi connectivity index (χ4n) is 1.81. The number of hydrogen-bond acceptors (Lipinski definition) is 6. The molecule has 2 aromatic rings. The molecule has 0 fully saturated rings. The van der Waals surface area contributed by atoms with Gasteiger partial charge in [0.05, 0.1) is 25.5 Å². The van der Waals surface area contributed by atoms with Crippen LogP contribution in [0.4, 0.5) is 13.2 Å². The molecule has 0 saturated heterocycles. The zero-order valence-corrected chi connectivity index (χ0v) is 14.1. The van der Waals surface area contributed by atoms with Gasteiger partial charge in [0.25, 0.3) is 0 Å². The summed E-state index contributed by atoms with van der Waals surface area (Å²) in [5, 5.41) is 8.64. The number of benzene rings is 1. The van der Waals surface area contributed by atoms with Gasteiger partial charge in [0.2, 0.25) is 11.1 Å². The molecule has 0 unspecified atom stereocenters. The zero-order valence-electron chi connectivity index (χ0n) is 13.3. The topological polar surface area (TPSA) is 89.1 Å². The van der Waals surface area contributed by atoms with Crippen LogP contribution in [0.1, 0.15) is 0 Å². The minimum Gasteiger partial charge on any atom is -0.497 e. The lowest BCUT2D eigenvalue weighted by molar-refractivity contribution is -0.136. The van der Waals surface area contributed by atoms with Crippen molar-refractivity contribution in [1.29, 1.82) is 0 Å². The van der Waals surface area contributed by atoms with Gasteiger partial charge in [-0.3, -0.25) is 9.89 Å². The van der Waals surface area contributed by atoms with Gasteiger partial charge < -0.3 is 14.8 Å². The largest absolute Gasteiger partial charge is 0.497 e. The summed E-state index contributed by atoms with van der Waals surface area (Å²) in [6.45, 7) is -1.37. The van der Waals surface area contributed by atoms with Gasteiger partial charge in [0.1, 0.15) is 18.0 Å². The Kier molecular flexibility index (Phi) is 6.12. The predicted octanol–water partition coefficient (Wildman–Crippen LogP) is 2.26. The molecule has 7 nitrogen and oxygen atoms in total. The van der Waals surface area contributed by atoms with E-state index in [1.54, 1.807) is 23.5 Å². The maximum atomic E-state index is 12.0. The number of aromatic nitrogens is 3. The molecule has 25 heavy (non-hydrogen) atoms. The number of hydrogen-bond donors (Lipinski definition) is 2. The first-order valence-corrected chi connectivity index (χ1v) is 7.92. The number of ether oxygens (including phenoxy) is 2. The first-order chi connectivity index (χ1) is 11.8. The van der Waals surface area contributed by atoms with Gasteiger partial charge in [-0.05, 0) is 12.1 Å². The fourth-order valence-corrected chi connectivity index (χ4v) is 2.43. The number of alkyl halides is 3. The Morgan fingerprint density at radius 2 is 2.08 bits per heavy atom. The van der Waals surface area contributed by atoms with Crippen molar-refractivity contribution in [2.24, 2.45) is 0 Å². The number of nitrogens with one attached hydrogen (secondary N) is 2. The maximum Gasteiger partial charge on any atom is 0.405 e. The molecule has 1 amide bonds. The number of carbonyl (C=O) groups is 1. The highest BCUT2D eigenvalue weighted by Gasteiger charge is 2.27. The number of aromatic amines is 1. The number of rotatable bonds is 7. The number of methoxy groups -OCH3 is 2. The Bertz CT molecular complexity index is 736. The Morgan fingerprint density at radius 1 is 1.32 bits per heavy atom. The molecular weight excluding hydrogens is 361 g/mol. The second kappa shape index (κ2) is 8.10. The molecule has 0 spiro atoms. The average molecular weight is 376 g/mol. The summed E-state index contributed by atoms with van der Waals surface area (Å²) in [5.74, 6) is 0.534. The van der Waals surface area contributed by atoms with Crippen LogP contribution in [0.25, 0.3) is 11.4 Å². The quantitative estimate of drug-likeness (QED) is 0.721. The molecule has 0 aliphatic rings. The van der Waals surface area contributed by atoms with Crippen molar-refractivity contribution in [2.45, 2.75) is 11.3 Å². The smallest absolute Gasteiger partial charge is 0.405 e. The van der Waals surface area contributed by atoms with Gasteiger partial charge in [-0.2, -0.15) is 13.2 Å². The highest BCUT2D eigenvalue weighted by molar-refractivity contribution is 7.99. The van der Waals surface area contributed by atoms with Crippen LogP contribution in [0.2, 0.25) is 0 Å². The van der Waals surface area contributed by atoms with Crippen molar-refractivity contribution in [1.82, 2.24) is 20.5 Å². The lowest BCUT2D eigenvalue weighted by atomic mass is 10.2. The second-order valence-corrected chi connectivity index (χ2v) is 5.66. The van der Waals surface area contributed by atoms with Crippen LogP contribution in [0.3, 0.4) is 0 Å². The number of halogens is 3. The third kappa shape index (κ3) is 5.55. The van der Waals surface area contributed by atoms with Crippen LogP contribution in [0, 0.1) is 0 Å². The van der Waals surface area contributed by atoms with Gasteiger partial charge >= 0.3 is 6.18 Å². The SMILES string of the molecule is COc1ccc(-c2nc(SCC(=O)NCC(F)(F)F)n[nH]2)c(OC)c1. The molecule has 1 heterocycles.